The normalized spacial score (nSPS) is 11.4. The minimum absolute atomic E-state index is 0.402. The van der Waals surface area contributed by atoms with E-state index in [-0.39, 0.29) is 0 Å². The number of hydrogen-bond acceptors (Lipinski definition) is 4. The molecule has 6 heteroatoms. The van der Waals surface area contributed by atoms with E-state index < -0.39 is 11.9 Å². The second-order valence-corrected chi connectivity index (χ2v) is 12.2. The smallest absolute Gasteiger partial charge is 0.343 e. The Labute approximate surface area is 286 Å². The summed E-state index contributed by atoms with van der Waals surface area (Å²) in [4.78, 5) is 33.1. The number of ether oxygens (including phenoxy) is 2. The van der Waals surface area contributed by atoms with Crippen molar-refractivity contribution in [2.75, 3.05) is 0 Å². The van der Waals surface area contributed by atoms with Crippen LogP contribution in [0.25, 0.3) is 65.9 Å². The molecule has 2 N–H and O–H groups in total. The van der Waals surface area contributed by atoms with Gasteiger partial charge in [-0.05, 0) is 71.8 Å². The largest absolute Gasteiger partial charge is 0.423 e. The van der Waals surface area contributed by atoms with E-state index >= 15 is 0 Å². The number of aromatic nitrogens is 2. The molecule has 0 saturated heterocycles. The predicted molar refractivity (Wildman–Crippen MR) is 199 cm³/mol. The van der Waals surface area contributed by atoms with E-state index in [1.807, 2.05) is 97.1 Å². The lowest BCUT2D eigenvalue weighted by Gasteiger charge is -2.14. The van der Waals surface area contributed by atoms with Gasteiger partial charge in [-0.3, -0.25) is 0 Å². The predicted octanol–water partition coefficient (Wildman–Crippen LogP) is 10.7. The number of carbonyl (C=O) groups is 2. The summed E-state index contributed by atoms with van der Waals surface area (Å²) in [5, 5.41) is 4.33. The number of para-hydroxylation sites is 2. The van der Waals surface area contributed by atoms with Crippen molar-refractivity contribution in [3.63, 3.8) is 0 Å². The molecular formula is C44H28N2O4. The highest BCUT2D eigenvalue weighted by Gasteiger charge is 2.24. The molecule has 0 atom stereocenters. The highest BCUT2D eigenvalue weighted by Crippen LogP contribution is 2.48. The topological polar surface area (TPSA) is 84.2 Å². The van der Waals surface area contributed by atoms with Gasteiger partial charge in [-0.1, -0.05) is 97.1 Å². The molecule has 0 saturated carbocycles. The van der Waals surface area contributed by atoms with Crippen molar-refractivity contribution in [3.8, 4) is 33.8 Å². The van der Waals surface area contributed by atoms with Crippen molar-refractivity contribution in [2.24, 2.45) is 0 Å². The zero-order valence-corrected chi connectivity index (χ0v) is 26.6. The van der Waals surface area contributed by atoms with Gasteiger partial charge in [0.2, 0.25) is 0 Å². The molecular weight excluding hydrogens is 620 g/mol. The second-order valence-electron chi connectivity index (χ2n) is 12.2. The summed E-state index contributed by atoms with van der Waals surface area (Å²) in [5.74, 6) is 0.131. The molecule has 9 aromatic rings. The van der Waals surface area contributed by atoms with Crippen LogP contribution in [0.2, 0.25) is 0 Å². The molecule has 0 aliphatic carbocycles. The van der Waals surface area contributed by atoms with Crippen LogP contribution in [-0.2, 0) is 0 Å². The first-order valence-corrected chi connectivity index (χ1v) is 16.3. The molecule has 0 unspecified atom stereocenters. The Balaban J connectivity index is 1.22. The number of carbonyl (C=O) groups excluding carboxylic acids is 2. The molecule has 50 heavy (non-hydrogen) atoms. The third kappa shape index (κ3) is 4.98. The van der Waals surface area contributed by atoms with Crippen LogP contribution in [0.15, 0.2) is 158 Å². The van der Waals surface area contributed by atoms with Gasteiger partial charge in [-0.15, -0.1) is 0 Å². The standard InChI is InChI=1S/C44H28N2O4/c47-43(29-11-3-1-4-12-29)49-31-23-19-27(20-24-31)37-39-33-15-7-9-17-35(33)46-42(39)38(40-34-16-8-10-18-36(34)45-41(37)40)28-21-25-32(26-22-28)50-44(48)30-13-5-2-6-14-30/h1-26,45-46H. The summed E-state index contributed by atoms with van der Waals surface area (Å²) in [5.41, 5.74) is 9.05. The average molecular weight is 649 g/mol. The Bertz CT molecular complexity index is 2520. The fourth-order valence-electron chi connectivity index (χ4n) is 6.87. The number of fused-ring (bicyclic) bond motifs is 6. The molecule has 7 aromatic carbocycles. The molecule has 2 aromatic heterocycles. The Kier molecular flexibility index (Phi) is 6.99. The van der Waals surface area contributed by atoms with Crippen molar-refractivity contribution in [3.05, 3.63) is 169 Å². The number of hydrogen-bond donors (Lipinski definition) is 2. The highest BCUT2D eigenvalue weighted by atomic mass is 16.5. The summed E-state index contributed by atoms with van der Waals surface area (Å²) < 4.78 is 11.4. The Morgan fingerprint density at radius 2 is 0.760 bits per heavy atom. The maximum Gasteiger partial charge on any atom is 0.343 e. The molecule has 0 fully saturated rings. The van der Waals surface area contributed by atoms with Crippen LogP contribution in [0.1, 0.15) is 20.7 Å². The Hall–Kier alpha value is -6.92. The van der Waals surface area contributed by atoms with Gasteiger partial charge in [0, 0.05) is 43.7 Å². The number of benzene rings is 7. The van der Waals surface area contributed by atoms with E-state index in [9.17, 15) is 9.59 Å². The zero-order valence-electron chi connectivity index (χ0n) is 26.6. The SMILES string of the molecule is O=C(Oc1ccc(-c2c3[nH]c4ccccc4c3c(-c3ccc(OC(=O)c4ccccc4)cc3)c3[nH]c4ccccc4c23)cc1)c1ccccc1. The lowest BCUT2D eigenvalue weighted by molar-refractivity contribution is 0.0725. The maximum absolute atomic E-state index is 12.8. The molecule has 2 heterocycles. The fraction of sp³-hybridized carbons (Fsp3) is 0. The van der Waals surface area contributed by atoms with E-state index in [2.05, 4.69) is 46.4 Å². The van der Waals surface area contributed by atoms with Crippen LogP contribution in [0, 0.1) is 0 Å². The number of esters is 2. The van der Waals surface area contributed by atoms with E-state index in [0.29, 0.717) is 22.6 Å². The minimum atomic E-state index is -0.402. The quantitative estimate of drug-likeness (QED) is 0.139. The van der Waals surface area contributed by atoms with E-state index in [1.165, 1.54) is 0 Å². The monoisotopic (exact) mass is 648 g/mol. The van der Waals surface area contributed by atoms with Crippen molar-refractivity contribution >= 4 is 55.6 Å². The molecule has 9 rings (SSSR count). The van der Waals surface area contributed by atoms with Gasteiger partial charge in [0.1, 0.15) is 11.5 Å². The second kappa shape index (κ2) is 12.0. The summed E-state index contributed by atoms with van der Waals surface area (Å²) in [7, 11) is 0. The van der Waals surface area contributed by atoms with Crippen LogP contribution in [-0.4, -0.2) is 21.9 Å². The molecule has 0 spiro atoms. The van der Waals surface area contributed by atoms with Crippen LogP contribution >= 0.6 is 0 Å². The first kappa shape index (κ1) is 29.2. The molecule has 0 aliphatic rings. The van der Waals surface area contributed by atoms with Gasteiger partial charge in [-0.2, -0.15) is 0 Å². The van der Waals surface area contributed by atoms with Crippen LogP contribution in [0.4, 0.5) is 0 Å². The summed E-state index contributed by atoms with van der Waals surface area (Å²) >= 11 is 0. The number of H-pyrrole nitrogens is 2. The van der Waals surface area contributed by atoms with Crippen molar-refractivity contribution in [1.82, 2.24) is 9.97 Å². The van der Waals surface area contributed by atoms with Crippen LogP contribution < -0.4 is 9.47 Å². The zero-order chi connectivity index (χ0) is 33.6. The van der Waals surface area contributed by atoms with Crippen molar-refractivity contribution < 1.29 is 19.1 Å². The van der Waals surface area contributed by atoms with Gasteiger partial charge in [0.05, 0.1) is 22.2 Å². The van der Waals surface area contributed by atoms with E-state index in [4.69, 9.17) is 9.47 Å². The van der Waals surface area contributed by atoms with Crippen LogP contribution in [0.3, 0.4) is 0 Å². The van der Waals surface area contributed by atoms with Crippen molar-refractivity contribution in [2.45, 2.75) is 0 Å². The lowest BCUT2D eigenvalue weighted by atomic mass is 9.90. The number of aromatic amines is 2. The average Bonchev–Trinajstić information content (AvgIpc) is 3.74. The molecule has 0 bridgehead atoms. The van der Waals surface area contributed by atoms with Crippen LogP contribution in [0.5, 0.6) is 11.5 Å². The minimum Gasteiger partial charge on any atom is -0.423 e. The third-order valence-electron chi connectivity index (χ3n) is 9.14. The van der Waals surface area contributed by atoms with Gasteiger partial charge in [0.25, 0.3) is 0 Å². The molecule has 6 nitrogen and oxygen atoms in total. The third-order valence-corrected chi connectivity index (χ3v) is 9.14. The summed E-state index contributed by atoms with van der Waals surface area (Å²) in [6, 6.07) is 50.0. The lowest BCUT2D eigenvalue weighted by Crippen LogP contribution is -2.07. The summed E-state index contributed by atoms with van der Waals surface area (Å²) in [6.07, 6.45) is 0. The Morgan fingerprint density at radius 3 is 1.16 bits per heavy atom. The summed E-state index contributed by atoms with van der Waals surface area (Å²) in [6.45, 7) is 0. The Morgan fingerprint density at radius 1 is 0.400 bits per heavy atom. The first-order valence-electron chi connectivity index (χ1n) is 16.3. The van der Waals surface area contributed by atoms with E-state index in [0.717, 1.165) is 65.9 Å². The molecule has 0 amide bonds. The first-order chi connectivity index (χ1) is 24.6. The van der Waals surface area contributed by atoms with E-state index in [1.54, 1.807) is 24.3 Å². The molecule has 0 radical (unpaired) electrons. The number of nitrogens with one attached hydrogen (secondary N) is 2. The van der Waals surface area contributed by atoms with Gasteiger partial charge in [-0.25, -0.2) is 9.59 Å². The van der Waals surface area contributed by atoms with Gasteiger partial charge in [0.15, 0.2) is 0 Å². The highest BCUT2D eigenvalue weighted by molar-refractivity contribution is 6.31. The number of rotatable bonds is 6. The van der Waals surface area contributed by atoms with Crippen molar-refractivity contribution in [1.29, 1.82) is 0 Å². The maximum atomic E-state index is 12.8. The fourth-order valence-corrected chi connectivity index (χ4v) is 6.87. The van der Waals surface area contributed by atoms with Gasteiger partial charge >= 0.3 is 11.9 Å². The molecule has 0 aliphatic heterocycles. The van der Waals surface area contributed by atoms with Gasteiger partial charge < -0.3 is 19.4 Å². The molecule has 238 valence electrons.